The number of nitrogens with zero attached hydrogens (tertiary/aromatic N) is 2. The Balaban J connectivity index is 1.70. The van der Waals surface area contributed by atoms with Gasteiger partial charge in [0.05, 0.1) is 25.4 Å². The lowest BCUT2D eigenvalue weighted by Gasteiger charge is -2.35. The number of hydrogen-bond acceptors (Lipinski definition) is 5. The molecule has 1 aliphatic rings. The first kappa shape index (κ1) is 19.7. The number of β-amino-alcohol motifs (C(OH)–C–C–N with tert-alkyl or cyclic N) is 1. The number of amides is 1. The number of rotatable bonds is 8. The van der Waals surface area contributed by atoms with E-state index in [1.54, 1.807) is 4.90 Å². The van der Waals surface area contributed by atoms with E-state index in [1.165, 1.54) is 0 Å². The van der Waals surface area contributed by atoms with Gasteiger partial charge in [-0.1, -0.05) is 37.3 Å². The van der Waals surface area contributed by atoms with Crippen molar-refractivity contribution in [3.63, 3.8) is 0 Å². The molecule has 1 fully saturated rings. The van der Waals surface area contributed by atoms with Crippen molar-refractivity contribution in [2.75, 3.05) is 45.9 Å². The molecule has 1 saturated heterocycles. The zero-order valence-electron chi connectivity index (χ0n) is 15.3. The van der Waals surface area contributed by atoms with Crippen molar-refractivity contribution in [2.45, 2.75) is 32.5 Å². The van der Waals surface area contributed by atoms with Gasteiger partial charge < -0.3 is 19.5 Å². The van der Waals surface area contributed by atoms with Crippen molar-refractivity contribution in [3.8, 4) is 0 Å². The second-order valence-corrected chi connectivity index (χ2v) is 6.28. The number of carbonyl (C=O) groups is 1. The van der Waals surface area contributed by atoms with Crippen LogP contribution in [-0.4, -0.2) is 73.0 Å². The monoisotopic (exact) mass is 350 g/mol. The van der Waals surface area contributed by atoms with Gasteiger partial charge in [-0.15, -0.1) is 0 Å². The molecule has 1 aromatic carbocycles. The second kappa shape index (κ2) is 10.4. The summed E-state index contributed by atoms with van der Waals surface area (Å²) in [6.07, 6.45) is 0.0951. The summed E-state index contributed by atoms with van der Waals surface area (Å²) in [5.74, 6) is 0. The van der Waals surface area contributed by atoms with E-state index in [-0.39, 0.29) is 12.2 Å². The number of aliphatic hydroxyl groups excluding tert-OH is 1. The van der Waals surface area contributed by atoms with Crippen molar-refractivity contribution < 1.29 is 19.4 Å². The fourth-order valence-corrected chi connectivity index (χ4v) is 3.02. The Morgan fingerprint density at radius 3 is 2.44 bits per heavy atom. The van der Waals surface area contributed by atoms with Crippen molar-refractivity contribution >= 4 is 6.09 Å². The van der Waals surface area contributed by atoms with Gasteiger partial charge in [-0.2, -0.15) is 0 Å². The van der Waals surface area contributed by atoms with Crippen LogP contribution in [0.5, 0.6) is 0 Å². The Hall–Kier alpha value is -1.63. The maximum Gasteiger partial charge on any atom is 0.409 e. The molecule has 1 aliphatic heterocycles. The van der Waals surface area contributed by atoms with Crippen LogP contribution in [0.25, 0.3) is 0 Å². The average Bonchev–Trinajstić information content (AvgIpc) is 2.64. The van der Waals surface area contributed by atoms with Gasteiger partial charge in [-0.25, -0.2) is 4.79 Å². The molecule has 0 bridgehead atoms. The molecule has 1 aromatic rings. The Labute approximate surface area is 150 Å². The molecule has 6 heteroatoms. The summed E-state index contributed by atoms with van der Waals surface area (Å²) < 4.78 is 10.9. The van der Waals surface area contributed by atoms with Crippen molar-refractivity contribution in [2.24, 2.45) is 0 Å². The first-order chi connectivity index (χ1) is 12.1. The summed E-state index contributed by atoms with van der Waals surface area (Å²) >= 11 is 0. The van der Waals surface area contributed by atoms with Gasteiger partial charge in [-0.3, -0.25) is 4.90 Å². The van der Waals surface area contributed by atoms with E-state index < -0.39 is 6.10 Å². The van der Waals surface area contributed by atoms with E-state index in [1.807, 2.05) is 25.1 Å². The summed E-state index contributed by atoms with van der Waals surface area (Å²) in [7, 11) is 0. The standard InChI is InChI=1S/C19H30N2O4/c1-3-18(16-8-6-5-7-9-16)25-15-17(22)14-20-10-12-21(13-11-20)19(23)24-4-2/h5-9,17-18,22H,3-4,10-15H2,1-2H3/t17-,18+/m1/s1. The number of ether oxygens (including phenoxy) is 2. The van der Waals surface area contributed by atoms with Crippen molar-refractivity contribution in [3.05, 3.63) is 35.9 Å². The van der Waals surface area contributed by atoms with Crippen molar-refractivity contribution in [1.82, 2.24) is 9.80 Å². The SMILES string of the molecule is CCOC(=O)N1CCN(C[C@@H](O)CO[C@@H](CC)c2ccccc2)CC1. The van der Waals surface area contributed by atoms with E-state index in [4.69, 9.17) is 9.47 Å². The Bertz CT molecular complexity index is 503. The molecule has 0 aromatic heterocycles. The lowest BCUT2D eigenvalue weighted by molar-refractivity contribution is -0.0279. The van der Waals surface area contributed by atoms with Crippen LogP contribution in [0.3, 0.4) is 0 Å². The van der Waals surface area contributed by atoms with Gasteiger partial charge >= 0.3 is 6.09 Å². The molecule has 0 radical (unpaired) electrons. The number of benzene rings is 1. The molecule has 140 valence electrons. The lowest BCUT2D eigenvalue weighted by atomic mass is 10.1. The van der Waals surface area contributed by atoms with Crippen LogP contribution in [0.4, 0.5) is 4.79 Å². The van der Waals surface area contributed by atoms with E-state index in [0.717, 1.165) is 25.1 Å². The Morgan fingerprint density at radius 1 is 1.16 bits per heavy atom. The molecular formula is C19H30N2O4. The summed E-state index contributed by atoms with van der Waals surface area (Å²) in [5.41, 5.74) is 1.14. The smallest absolute Gasteiger partial charge is 0.409 e. The molecule has 2 rings (SSSR count). The van der Waals surface area contributed by atoms with Crippen LogP contribution in [0.15, 0.2) is 30.3 Å². The maximum atomic E-state index is 11.7. The van der Waals surface area contributed by atoms with Gasteiger partial charge in [-0.05, 0) is 18.9 Å². The summed E-state index contributed by atoms with van der Waals surface area (Å²) in [5, 5.41) is 10.3. The number of hydrogen-bond donors (Lipinski definition) is 1. The third kappa shape index (κ3) is 6.30. The number of piperazine rings is 1. The first-order valence-corrected chi connectivity index (χ1v) is 9.12. The summed E-state index contributed by atoms with van der Waals surface area (Å²) in [6, 6.07) is 10.1. The molecule has 0 aliphatic carbocycles. The van der Waals surface area contributed by atoms with Crippen molar-refractivity contribution in [1.29, 1.82) is 0 Å². The third-order valence-corrected chi connectivity index (χ3v) is 4.40. The largest absolute Gasteiger partial charge is 0.450 e. The number of aliphatic hydroxyl groups is 1. The molecule has 1 heterocycles. The van der Waals surface area contributed by atoms with Gasteiger partial charge in [0.15, 0.2) is 0 Å². The Kier molecular flexibility index (Phi) is 8.18. The third-order valence-electron chi connectivity index (χ3n) is 4.40. The second-order valence-electron chi connectivity index (χ2n) is 6.28. The highest BCUT2D eigenvalue weighted by atomic mass is 16.6. The minimum absolute atomic E-state index is 0.0107. The number of carbonyl (C=O) groups excluding carboxylic acids is 1. The van der Waals surface area contributed by atoms with E-state index in [0.29, 0.717) is 32.8 Å². The van der Waals surface area contributed by atoms with Crippen LogP contribution in [0.1, 0.15) is 31.9 Å². The van der Waals surface area contributed by atoms with Gasteiger partial charge in [0, 0.05) is 32.7 Å². The van der Waals surface area contributed by atoms with E-state index in [9.17, 15) is 9.90 Å². The fourth-order valence-electron chi connectivity index (χ4n) is 3.02. The highest BCUT2D eigenvalue weighted by molar-refractivity contribution is 5.67. The normalized spacial score (nSPS) is 18.0. The summed E-state index contributed by atoms with van der Waals surface area (Å²) in [4.78, 5) is 15.6. The topological polar surface area (TPSA) is 62.2 Å². The molecular weight excluding hydrogens is 320 g/mol. The highest BCUT2D eigenvalue weighted by Crippen LogP contribution is 2.20. The quantitative estimate of drug-likeness (QED) is 0.779. The van der Waals surface area contributed by atoms with Crippen LogP contribution in [0, 0.1) is 0 Å². The predicted molar refractivity (Wildman–Crippen MR) is 96.5 cm³/mol. The Morgan fingerprint density at radius 2 is 1.84 bits per heavy atom. The minimum atomic E-state index is -0.535. The first-order valence-electron chi connectivity index (χ1n) is 9.12. The zero-order valence-corrected chi connectivity index (χ0v) is 15.3. The molecule has 1 N–H and O–H groups in total. The highest BCUT2D eigenvalue weighted by Gasteiger charge is 2.23. The van der Waals surface area contributed by atoms with Gasteiger partial charge in [0.1, 0.15) is 0 Å². The zero-order chi connectivity index (χ0) is 18.1. The molecule has 25 heavy (non-hydrogen) atoms. The maximum absolute atomic E-state index is 11.7. The molecule has 0 spiro atoms. The molecule has 6 nitrogen and oxygen atoms in total. The predicted octanol–water partition coefficient (Wildman–Crippen LogP) is 2.29. The minimum Gasteiger partial charge on any atom is -0.450 e. The van der Waals surface area contributed by atoms with Crippen LogP contribution < -0.4 is 0 Å². The summed E-state index contributed by atoms with van der Waals surface area (Å²) in [6.45, 7) is 7.91. The van der Waals surface area contributed by atoms with Crippen LogP contribution in [-0.2, 0) is 9.47 Å². The molecule has 0 saturated carbocycles. The molecule has 1 amide bonds. The lowest BCUT2D eigenvalue weighted by Crippen LogP contribution is -2.51. The van der Waals surface area contributed by atoms with Crippen LogP contribution in [0.2, 0.25) is 0 Å². The molecule has 0 unspecified atom stereocenters. The van der Waals surface area contributed by atoms with E-state index >= 15 is 0 Å². The fraction of sp³-hybridized carbons (Fsp3) is 0.632. The van der Waals surface area contributed by atoms with Crippen LogP contribution >= 0.6 is 0 Å². The van der Waals surface area contributed by atoms with Gasteiger partial charge in [0.25, 0.3) is 0 Å². The molecule has 2 atom stereocenters. The van der Waals surface area contributed by atoms with E-state index in [2.05, 4.69) is 24.0 Å². The van der Waals surface area contributed by atoms with Gasteiger partial charge in [0.2, 0.25) is 0 Å². The average molecular weight is 350 g/mol.